The highest BCUT2D eigenvalue weighted by Crippen LogP contribution is 2.10. The summed E-state index contributed by atoms with van der Waals surface area (Å²) in [4.78, 5) is 22.4. The van der Waals surface area contributed by atoms with Gasteiger partial charge in [0, 0.05) is 18.8 Å². The number of hydrogen-bond acceptors (Lipinski definition) is 4. The average molecular weight is 248 g/mol. The van der Waals surface area contributed by atoms with Crippen LogP contribution in [0, 0.1) is 6.92 Å². The summed E-state index contributed by atoms with van der Waals surface area (Å²) in [6.07, 6.45) is 5.66. The Morgan fingerprint density at radius 3 is 2.72 bits per heavy atom. The average Bonchev–Trinajstić information content (AvgIpc) is 2.90. The number of amides is 1. The fourth-order valence-electron chi connectivity index (χ4n) is 2.15. The van der Waals surface area contributed by atoms with Crippen molar-refractivity contribution >= 4 is 5.91 Å². The number of carbonyl (C=O) groups excluding carboxylic acids is 1. The van der Waals surface area contributed by atoms with E-state index in [0.29, 0.717) is 18.3 Å². The maximum absolute atomic E-state index is 11.8. The number of aromatic nitrogens is 2. The van der Waals surface area contributed by atoms with Gasteiger partial charge in [0.05, 0.1) is 11.9 Å². The second kappa shape index (κ2) is 5.91. The molecule has 98 valence electrons. The van der Waals surface area contributed by atoms with Crippen LogP contribution in [0.5, 0.6) is 0 Å². The number of carbonyl (C=O) groups is 1. The van der Waals surface area contributed by atoms with Gasteiger partial charge in [-0.3, -0.25) is 14.7 Å². The van der Waals surface area contributed by atoms with Crippen molar-refractivity contribution < 1.29 is 4.79 Å². The zero-order valence-electron chi connectivity index (χ0n) is 11.0. The summed E-state index contributed by atoms with van der Waals surface area (Å²) in [6.45, 7) is 6.94. The standard InChI is InChI=1S/C13H20N4O/c1-10-7-15-12(9-14-10)13(18)16-8-11(2)17-5-3-4-6-17/h7,9,11H,3-6,8H2,1-2H3,(H,16,18)/t11-/m1/s1. The molecule has 2 rings (SSSR count). The Bertz CT molecular complexity index is 398. The minimum atomic E-state index is -0.145. The lowest BCUT2D eigenvalue weighted by Crippen LogP contribution is -2.40. The predicted molar refractivity (Wildman–Crippen MR) is 69.4 cm³/mol. The van der Waals surface area contributed by atoms with Crippen molar-refractivity contribution in [2.75, 3.05) is 19.6 Å². The molecule has 1 N–H and O–H groups in total. The summed E-state index contributed by atoms with van der Waals surface area (Å²) in [6, 6.07) is 0.384. The van der Waals surface area contributed by atoms with Crippen LogP contribution in [0.1, 0.15) is 35.9 Å². The molecule has 1 aliphatic heterocycles. The highest BCUT2D eigenvalue weighted by Gasteiger charge is 2.18. The molecule has 2 heterocycles. The summed E-state index contributed by atoms with van der Waals surface area (Å²) < 4.78 is 0. The maximum atomic E-state index is 11.8. The maximum Gasteiger partial charge on any atom is 0.271 e. The van der Waals surface area contributed by atoms with Crippen molar-refractivity contribution in [3.63, 3.8) is 0 Å². The van der Waals surface area contributed by atoms with E-state index in [2.05, 4.69) is 27.1 Å². The van der Waals surface area contributed by atoms with E-state index < -0.39 is 0 Å². The summed E-state index contributed by atoms with van der Waals surface area (Å²) in [5, 5.41) is 2.91. The summed E-state index contributed by atoms with van der Waals surface area (Å²) in [5.41, 5.74) is 1.20. The molecule has 0 saturated carbocycles. The number of aryl methyl sites for hydroxylation is 1. The Morgan fingerprint density at radius 2 is 2.11 bits per heavy atom. The zero-order chi connectivity index (χ0) is 13.0. The Kier molecular flexibility index (Phi) is 4.25. The molecule has 18 heavy (non-hydrogen) atoms. The van der Waals surface area contributed by atoms with Gasteiger partial charge in [-0.25, -0.2) is 4.98 Å². The molecule has 1 fully saturated rings. The smallest absolute Gasteiger partial charge is 0.271 e. The normalized spacial score (nSPS) is 17.7. The van der Waals surface area contributed by atoms with E-state index in [9.17, 15) is 4.79 Å². The van der Waals surface area contributed by atoms with Gasteiger partial charge in [-0.15, -0.1) is 0 Å². The van der Waals surface area contributed by atoms with Crippen molar-refractivity contribution in [1.29, 1.82) is 0 Å². The molecule has 5 nitrogen and oxygen atoms in total. The Morgan fingerprint density at radius 1 is 1.39 bits per heavy atom. The van der Waals surface area contributed by atoms with Crippen LogP contribution in [-0.2, 0) is 0 Å². The molecular formula is C13H20N4O. The van der Waals surface area contributed by atoms with Gasteiger partial charge in [0.2, 0.25) is 0 Å². The Balaban J connectivity index is 1.82. The quantitative estimate of drug-likeness (QED) is 0.863. The van der Waals surface area contributed by atoms with Gasteiger partial charge in [-0.2, -0.15) is 0 Å². The summed E-state index contributed by atoms with van der Waals surface area (Å²) in [7, 11) is 0. The van der Waals surface area contributed by atoms with Gasteiger partial charge in [0.15, 0.2) is 0 Å². The van der Waals surface area contributed by atoms with Gasteiger partial charge >= 0.3 is 0 Å². The van der Waals surface area contributed by atoms with Gasteiger partial charge in [-0.1, -0.05) is 0 Å². The van der Waals surface area contributed by atoms with E-state index in [4.69, 9.17) is 0 Å². The first-order chi connectivity index (χ1) is 8.66. The molecular weight excluding hydrogens is 228 g/mol. The first-order valence-corrected chi connectivity index (χ1v) is 6.47. The molecule has 0 spiro atoms. The molecule has 1 saturated heterocycles. The zero-order valence-corrected chi connectivity index (χ0v) is 11.0. The van der Waals surface area contributed by atoms with Crippen LogP contribution in [-0.4, -0.2) is 46.5 Å². The monoisotopic (exact) mass is 248 g/mol. The lowest BCUT2D eigenvalue weighted by atomic mass is 10.3. The first-order valence-electron chi connectivity index (χ1n) is 6.47. The van der Waals surface area contributed by atoms with E-state index in [0.717, 1.165) is 18.8 Å². The lowest BCUT2D eigenvalue weighted by Gasteiger charge is -2.23. The fraction of sp³-hybridized carbons (Fsp3) is 0.615. The lowest BCUT2D eigenvalue weighted by molar-refractivity contribution is 0.0935. The third-order valence-electron chi connectivity index (χ3n) is 3.34. The molecule has 1 aliphatic rings. The summed E-state index contributed by atoms with van der Waals surface area (Å²) >= 11 is 0. The van der Waals surface area contributed by atoms with Crippen molar-refractivity contribution in [1.82, 2.24) is 20.2 Å². The number of nitrogens with one attached hydrogen (secondary N) is 1. The Labute approximate surface area is 108 Å². The summed E-state index contributed by atoms with van der Waals surface area (Å²) in [5.74, 6) is -0.145. The molecule has 1 amide bonds. The van der Waals surface area contributed by atoms with Crippen LogP contribution in [0.4, 0.5) is 0 Å². The molecule has 1 aromatic rings. The molecule has 5 heteroatoms. The Hall–Kier alpha value is -1.49. The van der Waals surface area contributed by atoms with Crippen LogP contribution in [0.25, 0.3) is 0 Å². The van der Waals surface area contributed by atoms with E-state index in [1.54, 1.807) is 6.20 Å². The molecule has 0 bridgehead atoms. The second-order valence-corrected chi connectivity index (χ2v) is 4.85. The number of nitrogens with zero attached hydrogens (tertiary/aromatic N) is 3. The van der Waals surface area contributed by atoms with Gasteiger partial charge in [0.25, 0.3) is 5.91 Å². The van der Waals surface area contributed by atoms with E-state index in [1.807, 2.05) is 6.92 Å². The highest BCUT2D eigenvalue weighted by molar-refractivity contribution is 5.91. The topological polar surface area (TPSA) is 58.1 Å². The second-order valence-electron chi connectivity index (χ2n) is 4.85. The minimum absolute atomic E-state index is 0.145. The fourth-order valence-corrected chi connectivity index (χ4v) is 2.15. The van der Waals surface area contributed by atoms with Crippen LogP contribution >= 0.6 is 0 Å². The molecule has 0 aromatic carbocycles. The van der Waals surface area contributed by atoms with Crippen molar-refractivity contribution in [2.45, 2.75) is 32.7 Å². The van der Waals surface area contributed by atoms with Crippen LogP contribution in [0.2, 0.25) is 0 Å². The van der Waals surface area contributed by atoms with Crippen LogP contribution in [0.15, 0.2) is 12.4 Å². The van der Waals surface area contributed by atoms with Crippen LogP contribution in [0.3, 0.4) is 0 Å². The van der Waals surface area contributed by atoms with Gasteiger partial charge in [0.1, 0.15) is 5.69 Å². The van der Waals surface area contributed by atoms with Crippen molar-refractivity contribution in [3.8, 4) is 0 Å². The highest BCUT2D eigenvalue weighted by atomic mass is 16.1. The van der Waals surface area contributed by atoms with Gasteiger partial charge < -0.3 is 5.32 Å². The molecule has 1 aromatic heterocycles. The van der Waals surface area contributed by atoms with Crippen LogP contribution < -0.4 is 5.32 Å². The minimum Gasteiger partial charge on any atom is -0.349 e. The van der Waals surface area contributed by atoms with Gasteiger partial charge in [-0.05, 0) is 39.8 Å². The predicted octanol–water partition coefficient (Wildman–Crippen LogP) is 0.999. The van der Waals surface area contributed by atoms with E-state index in [-0.39, 0.29) is 5.91 Å². The number of hydrogen-bond donors (Lipinski definition) is 1. The molecule has 0 unspecified atom stereocenters. The molecule has 0 aliphatic carbocycles. The molecule has 1 atom stereocenters. The SMILES string of the molecule is Cc1cnc(C(=O)NC[C@@H](C)N2CCCC2)cn1. The van der Waals surface area contributed by atoms with Crippen molar-refractivity contribution in [2.24, 2.45) is 0 Å². The van der Waals surface area contributed by atoms with E-state index >= 15 is 0 Å². The third kappa shape index (κ3) is 3.26. The first kappa shape index (κ1) is 13.0. The van der Waals surface area contributed by atoms with E-state index in [1.165, 1.54) is 19.0 Å². The largest absolute Gasteiger partial charge is 0.349 e. The number of likely N-dealkylation sites (tertiary alicyclic amines) is 1. The third-order valence-corrected chi connectivity index (χ3v) is 3.34. The number of rotatable bonds is 4. The van der Waals surface area contributed by atoms with Crippen molar-refractivity contribution in [3.05, 3.63) is 23.8 Å². The molecule has 0 radical (unpaired) electrons.